The van der Waals surface area contributed by atoms with Crippen LogP contribution < -0.4 is 16.8 Å². The lowest BCUT2D eigenvalue weighted by Crippen LogP contribution is -2.52. The van der Waals surface area contributed by atoms with Crippen LogP contribution in [0.2, 0.25) is 0 Å². The fraction of sp³-hybridized carbons (Fsp3) is 0.909. The third-order valence-corrected chi connectivity index (χ3v) is 5.35. The molecule has 0 aromatic heterocycles. The zero-order chi connectivity index (χ0) is 21.0. The number of nitrogens with zero attached hydrogens (tertiary/aromatic N) is 1. The van der Waals surface area contributed by atoms with Gasteiger partial charge in [-0.25, -0.2) is 9.59 Å². The summed E-state index contributed by atoms with van der Waals surface area (Å²) in [5.41, 5.74) is 10.5. The Morgan fingerprint density at radius 1 is 0.714 bits per heavy atom. The molecular formula is C22H46N4O2. The van der Waals surface area contributed by atoms with Crippen LogP contribution in [0.5, 0.6) is 0 Å². The Labute approximate surface area is 173 Å². The van der Waals surface area contributed by atoms with Gasteiger partial charge in [0.25, 0.3) is 0 Å². The lowest BCUT2D eigenvalue weighted by Gasteiger charge is -2.27. The van der Waals surface area contributed by atoms with E-state index in [2.05, 4.69) is 12.2 Å². The minimum absolute atomic E-state index is 0.466. The van der Waals surface area contributed by atoms with Crippen LogP contribution in [0.4, 0.5) is 9.59 Å². The highest BCUT2D eigenvalue weighted by atomic mass is 16.2. The van der Waals surface area contributed by atoms with E-state index in [1.165, 1.54) is 94.8 Å². The van der Waals surface area contributed by atoms with Crippen LogP contribution in [-0.2, 0) is 0 Å². The third kappa shape index (κ3) is 16.7. The van der Waals surface area contributed by atoms with Crippen LogP contribution >= 0.6 is 0 Å². The molecule has 0 radical (unpaired) electrons. The van der Waals surface area contributed by atoms with E-state index < -0.39 is 18.2 Å². The van der Waals surface area contributed by atoms with Crippen molar-refractivity contribution >= 4 is 12.1 Å². The quantitative estimate of drug-likeness (QED) is 0.193. The van der Waals surface area contributed by atoms with Gasteiger partial charge in [0.1, 0.15) is 6.17 Å². The summed E-state index contributed by atoms with van der Waals surface area (Å²) in [5.74, 6) is 0. The van der Waals surface area contributed by atoms with E-state index in [0.29, 0.717) is 6.54 Å². The first-order valence-corrected chi connectivity index (χ1v) is 11.6. The molecular weight excluding hydrogens is 352 g/mol. The molecule has 4 amide bonds. The number of carbonyl (C=O) groups excluding carboxylic acids is 2. The number of unbranched alkanes of at least 4 members (excludes halogenated alkanes) is 15. The van der Waals surface area contributed by atoms with Gasteiger partial charge in [-0.15, -0.1) is 0 Å². The molecule has 0 spiro atoms. The van der Waals surface area contributed by atoms with Crippen LogP contribution in [0.25, 0.3) is 0 Å². The molecule has 0 saturated carbocycles. The predicted molar refractivity (Wildman–Crippen MR) is 118 cm³/mol. The Bertz CT molecular complexity index is 391. The van der Waals surface area contributed by atoms with Crippen molar-refractivity contribution in [2.75, 3.05) is 6.54 Å². The second-order valence-electron chi connectivity index (χ2n) is 8.02. The molecule has 0 aliphatic rings. The van der Waals surface area contributed by atoms with Crippen molar-refractivity contribution < 1.29 is 9.59 Å². The fourth-order valence-electron chi connectivity index (χ4n) is 3.61. The highest BCUT2D eigenvalue weighted by Gasteiger charge is 2.17. The molecule has 166 valence electrons. The number of nitrogens with two attached hydrogens (primary N) is 2. The number of nitrogens with one attached hydrogen (secondary N) is 1. The van der Waals surface area contributed by atoms with Gasteiger partial charge in [-0.3, -0.25) is 0 Å². The first kappa shape index (κ1) is 26.5. The normalized spacial score (nSPS) is 11.9. The van der Waals surface area contributed by atoms with Gasteiger partial charge in [-0.2, -0.15) is 0 Å². The minimum Gasteiger partial charge on any atom is -0.352 e. The van der Waals surface area contributed by atoms with Crippen molar-refractivity contribution in [2.24, 2.45) is 11.5 Å². The summed E-state index contributed by atoms with van der Waals surface area (Å²) in [4.78, 5) is 23.8. The number of hydrogen-bond acceptors (Lipinski definition) is 2. The maximum absolute atomic E-state index is 11.5. The molecule has 0 aromatic rings. The molecule has 6 heteroatoms. The number of primary amides is 2. The average Bonchev–Trinajstić information content (AvgIpc) is 2.63. The number of rotatable bonds is 19. The lowest BCUT2D eigenvalue weighted by atomic mass is 10.0. The van der Waals surface area contributed by atoms with Crippen LogP contribution in [-0.4, -0.2) is 29.7 Å². The Balaban J connectivity index is 3.42. The summed E-state index contributed by atoms with van der Waals surface area (Å²) < 4.78 is 0. The fourth-order valence-corrected chi connectivity index (χ4v) is 3.61. The van der Waals surface area contributed by atoms with Crippen LogP contribution in [0, 0.1) is 0 Å². The summed E-state index contributed by atoms with van der Waals surface area (Å²) in [6.45, 7) is 4.53. The largest absolute Gasteiger partial charge is 0.352 e. The van der Waals surface area contributed by atoms with Gasteiger partial charge in [-0.05, 0) is 13.3 Å². The van der Waals surface area contributed by atoms with Gasteiger partial charge in [-0.1, -0.05) is 103 Å². The third-order valence-electron chi connectivity index (χ3n) is 5.35. The van der Waals surface area contributed by atoms with Gasteiger partial charge >= 0.3 is 12.1 Å². The number of hydrogen-bond donors (Lipinski definition) is 3. The van der Waals surface area contributed by atoms with Crippen molar-refractivity contribution in [3.05, 3.63) is 0 Å². The molecule has 0 rings (SSSR count). The summed E-state index contributed by atoms with van der Waals surface area (Å²) >= 11 is 0. The van der Waals surface area contributed by atoms with Crippen LogP contribution in [0.3, 0.4) is 0 Å². The monoisotopic (exact) mass is 398 g/mol. The Morgan fingerprint density at radius 2 is 1.07 bits per heavy atom. The Hall–Kier alpha value is -1.46. The van der Waals surface area contributed by atoms with E-state index >= 15 is 0 Å². The zero-order valence-electron chi connectivity index (χ0n) is 18.5. The molecule has 0 bridgehead atoms. The summed E-state index contributed by atoms with van der Waals surface area (Å²) in [6, 6.07) is -1.17. The number of carbonyl (C=O) groups is 2. The van der Waals surface area contributed by atoms with Crippen molar-refractivity contribution in [2.45, 2.75) is 123 Å². The molecule has 5 N–H and O–H groups in total. The molecule has 6 nitrogen and oxygen atoms in total. The maximum Gasteiger partial charge on any atom is 0.316 e. The molecule has 1 unspecified atom stereocenters. The molecule has 0 saturated heterocycles. The topological polar surface area (TPSA) is 101 Å². The van der Waals surface area contributed by atoms with E-state index in [1.54, 1.807) is 6.92 Å². The molecule has 0 aromatic carbocycles. The predicted octanol–water partition coefficient (Wildman–Crippen LogP) is 5.64. The van der Waals surface area contributed by atoms with E-state index in [4.69, 9.17) is 11.5 Å². The molecule has 0 aliphatic carbocycles. The second-order valence-corrected chi connectivity index (χ2v) is 8.02. The summed E-state index contributed by atoms with van der Waals surface area (Å²) in [5, 5.41) is 2.49. The van der Waals surface area contributed by atoms with Crippen molar-refractivity contribution in [3.8, 4) is 0 Å². The average molecular weight is 399 g/mol. The van der Waals surface area contributed by atoms with E-state index in [-0.39, 0.29) is 0 Å². The van der Waals surface area contributed by atoms with E-state index in [9.17, 15) is 9.59 Å². The SMILES string of the molecule is CCCCCCCCCCCCCCCCCCN(C(N)=O)C(C)NC(N)=O. The number of amides is 4. The molecule has 1 atom stereocenters. The standard InChI is InChI=1S/C22H46N4O2/c1-3-4-5-6-7-8-9-10-11-12-13-14-15-16-17-18-19-26(22(24)28)20(2)25-21(23)27/h20H,3-19H2,1-2H3,(H2,24,28)(H3,23,25,27). The van der Waals surface area contributed by atoms with Crippen molar-refractivity contribution in [3.63, 3.8) is 0 Å². The molecule has 0 aliphatic heterocycles. The lowest BCUT2D eigenvalue weighted by molar-refractivity contribution is 0.174. The minimum atomic E-state index is -0.647. The van der Waals surface area contributed by atoms with E-state index in [1.807, 2.05) is 0 Å². The van der Waals surface area contributed by atoms with Gasteiger partial charge in [0, 0.05) is 6.54 Å². The number of urea groups is 2. The summed E-state index contributed by atoms with van der Waals surface area (Å²) in [6.07, 6.45) is 20.5. The maximum atomic E-state index is 11.5. The van der Waals surface area contributed by atoms with Gasteiger partial charge in [0.2, 0.25) is 0 Å². The van der Waals surface area contributed by atoms with Crippen LogP contribution in [0.1, 0.15) is 117 Å². The summed E-state index contributed by atoms with van der Waals surface area (Å²) in [7, 11) is 0. The van der Waals surface area contributed by atoms with Gasteiger partial charge in [0.15, 0.2) is 0 Å². The zero-order valence-corrected chi connectivity index (χ0v) is 18.5. The highest BCUT2D eigenvalue weighted by Crippen LogP contribution is 2.14. The molecule has 0 heterocycles. The smallest absolute Gasteiger partial charge is 0.316 e. The Kier molecular flexibility index (Phi) is 17.9. The van der Waals surface area contributed by atoms with Gasteiger partial charge in [0.05, 0.1) is 0 Å². The van der Waals surface area contributed by atoms with Crippen molar-refractivity contribution in [1.29, 1.82) is 0 Å². The molecule has 0 fully saturated rings. The second kappa shape index (κ2) is 18.9. The van der Waals surface area contributed by atoms with Crippen molar-refractivity contribution in [1.82, 2.24) is 10.2 Å². The molecule has 28 heavy (non-hydrogen) atoms. The highest BCUT2D eigenvalue weighted by molar-refractivity contribution is 5.75. The van der Waals surface area contributed by atoms with Gasteiger partial charge < -0.3 is 21.7 Å². The first-order valence-electron chi connectivity index (χ1n) is 11.6. The first-order chi connectivity index (χ1) is 13.5. The van der Waals surface area contributed by atoms with E-state index in [0.717, 1.165) is 12.8 Å². The Morgan fingerprint density at radius 3 is 1.39 bits per heavy atom. The van der Waals surface area contributed by atoms with Crippen LogP contribution in [0.15, 0.2) is 0 Å².